The summed E-state index contributed by atoms with van der Waals surface area (Å²) in [6.07, 6.45) is 1.08. The Bertz CT molecular complexity index is 1250. The molecule has 41 heavy (non-hydrogen) atoms. The number of nitrogens with zero attached hydrogens (tertiary/aromatic N) is 4. The number of piperidine rings is 1. The molecule has 1 saturated carbocycles. The second kappa shape index (κ2) is 11.4. The fourth-order valence-electron chi connectivity index (χ4n) is 5.86. The van der Waals surface area contributed by atoms with Crippen molar-refractivity contribution in [1.82, 2.24) is 18.8 Å². The first-order chi connectivity index (χ1) is 19.0. The van der Waals surface area contributed by atoms with E-state index in [-0.39, 0.29) is 43.6 Å². The van der Waals surface area contributed by atoms with E-state index in [1.54, 1.807) is 20.8 Å². The van der Waals surface area contributed by atoms with Crippen LogP contribution in [0.25, 0.3) is 0 Å². The van der Waals surface area contributed by atoms with Crippen molar-refractivity contribution in [2.75, 3.05) is 26.2 Å². The van der Waals surface area contributed by atoms with E-state index in [9.17, 15) is 23.3 Å². The molecule has 0 spiro atoms. The summed E-state index contributed by atoms with van der Waals surface area (Å²) < 4.78 is 39.7. The zero-order valence-corrected chi connectivity index (χ0v) is 25.7. The number of carbonyl (C=O) groups excluding carboxylic acids is 2. The quantitative estimate of drug-likeness (QED) is 0.505. The van der Waals surface area contributed by atoms with Crippen molar-refractivity contribution >= 4 is 22.4 Å². The number of benzene rings is 1. The molecule has 2 saturated heterocycles. The van der Waals surface area contributed by atoms with Crippen molar-refractivity contribution in [3.63, 3.8) is 0 Å². The molecule has 0 aromatic heterocycles. The van der Waals surface area contributed by atoms with Crippen LogP contribution in [0, 0.1) is 11.3 Å². The molecule has 3 aliphatic rings. The molecule has 226 valence electrons. The Hall–Kier alpha value is -2.88. The summed E-state index contributed by atoms with van der Waals surface area (Å²) in [4.78, 5) is 29.6. The largest absolute Gasteiger partial charge is 0.444 e. The van der Waals surface area contributed by atoms with E-state index in [1.807, 2.05) is 48.6 Å². The molecule has 2 amide bonds. The zero-order valence-electron chi connectivity index (χ0n) is 24.9. The molecule has 0 bridgehead atoms. The average Bonchev–Trinajstić information content (AvgIpc) is 3.60. The van der Waals surface area contributed by atoms with Gasteiger partial charge >= 0.3 is 22.4 Å². The van der Waals surface area contributed by atoms with E-state index in [0.717, 1.165) is 6.42 Å². The molecular weight excluding hydrogens is 546 g/mol. The maximum absolute atomic E-state index is 13.4. The Morgan fingerprint density at radius 1 is 1.05 bits per heavy atom. The molecule has 2 aliphatic heterocycles. The lowest BCUT2D eigenvalue weighted by Crippen LogP contribution is -2.73. The highest BCUT2D eigenvalue weighted by Crippen LogP contribution is 2.47. The standard InChI is InChI=1S/C29H43N5O6S/c1-27(2,3)39-25(35)31-41(37,38)33-19-29(20-33,14-15-30)32-16-12-22(13-17-32)34(26(36)40-28(4,5)6)24-18-23(24)21-10-8-7-9-11-21/h7-11,22-24H,12-14,16-20H2,1-6H3,(H,31,35)/t23-,24+/m0/s1. The number of amides is 2. The molecule has 0 unspecified atom stereocenters. The van der Waals surface area contributed by atoms with Gasteiger partial charge in [0.2, 0.25) is 0 Å². The lowest BCUT2D eigenvalue weighted by atomic mass is 9.84. The van der Waals surface area contributed by atoms with Gasteiger partial charge in [-0.3, -0.25) is 4.90 Å². The highest BCUT2D eigenvalue weighted by molar-refractivity contribution is 7.87. The summed E-state index contributed by atoms with van der Waals surface area (Å²) in [6, 6.07) is 12.5. The van der Waals surface area contributed by atoms with Crippen LogP contribution in [-0.4, -0.2) is 89.7 Å². The van der Waals surface area contributed by atoms with Gasteiger partial charge in [0.25, 0.3) is 0 Å². The maximum atomic E-state index is 13.4. The highest BCUT2D eigenvalue weighted by Gasteiger charge is 2.54. The molecule has 12 heteroatoms. The van der Waals surface area contributed by atoms with Crippen LogP contribution < -0.4 is 4.72 Å². The van der Waals surface area contributed by atoms with Gasteiger partial charge in [-0.05, 0) is 66.4 Å². The summed E-state index contributed by atoms with van der Waals surface area (Å²) in [5, 5.41) is 9.60. The van der Waals surface area contributed by atoms with Gasteiger partial charge in [0.05, 0.1) is 18.0 Å². The van der Waals surface area contributed by atoms with E-state index in [0.29, 0.717) is 25.9 Å². The number of rotatable bonds is 7. The molecule has 1 aromatic carbocycles. The van der Waals surface area contributed by atoms with E-state index in [4.69, 9.17) is 9.47 Å². The molecular formula is C29H43N5O6S. The summed E-state index contributed by atoms with van der Waals surface area (Å²) in [5.74, 6) is 0.273. The third kappa shape index (κ3) is 7.50. The number of carbonyl (C=O) groups is 2. The Labute approximate surface area is 243 Å². The smallest absolute Gasteiger partial charge is 0.422 e. The minimum atomic E-state index is -4.11. The van der Waals surface area contributed by atoms with Crippen molar-refractivity contribution in [2.24, 2.45) is 0 Å². The van der Waals surface area contributed by atoms with Crippen molar-refractivity contribution in [1.29, 1.82) is 5.26 Å². The molecule has 1 aliphatic carbocycles. The molecule has 0 radical (unpaired) electrons. The lowest BCUT2D eigenvalue weighted by Gasteiger charge is -2.56. The molecule has 2 atom stereocenters. The fraction of sp³-hybridized carbons (Fsp3) is 0.690. The first kappa shape index (κ1) is 31.1. The highest BCUT2D eigenvalue weighted by atomic mass is 32.2. The van der Waals surface area contributed by atoms with E-state index in [2.05, 4.69) is 23.1 Å². The predicted molar refractivity (Wildman–Crippen MR) is 153 cm³/mol. The number of hydrogen-bond acceptors (Lipinski definition) is 8. The molecule has 3 fully saturated rings. The Kier molecular flexibility index (Phi) is 8.65. The SMILES string of the molecule is CC(C)(C)OC(=O)NS(=O)(=O)N1CC(CC#N)(N2CCC(N(C(=O)OC(C)(C)C)[C@@H]3C[C@H]3c3ccccc3)CC2)C1. The van der Waals surface area contributed by atoms with E-state index < -0.39 is 33.0 Å². The minimum Gasteiger partial charge on any atom is -0.444 e. The van der Waals surface area contributed by atoms with Gasteiger partial charge in [0, 0.05) is 44.2 Å². The summed E-state index contributed by atoms with van der Waals surface area (Å²) in [6.45, 7) is 12.0. The van der Waals surface area contributed by atoms with Crippen molar-refractivity contribution in [2.45, 2.75) is 102 Å². The molecule has 4 rings (SSSR count). The van der Waals surface area contributed by atoms with Crippen LogP contribution in [0.1, 0.15) is 78.7 Å². The first-order valence-corrected chi connectivity index (χ1v) is 15.7. The Morgan fingerprint density at radius 2 is 1.63 bits per heavy atom. The van der Waals surface area contributed by atoms with Gasteiger partial charge in [-0.1, -0.05) is 30.3 Å². The van der Waals surface area contributed by atoms with Gasteiger partial charge in [-0.15, -0.1) is 0 Å². The number of hydrogen-bond donors (Lipinski definition) is 1. The third-order valence-electron chi connectivity index (χ3n) is 7.78. The van der Waals surface area contributed by atoms with Crippen molar-refractivity contribution in [3.8, 4) is 6.07 Å². The molecule has 2 heterocycles. The van der Waals surface area contributed by atoms with Crippen LogP contribution >= 0.6 is 0 Å². The first-order valence-electron chi connectivity index (χ1n) is 14.2. The Morgan fingerprint density at radius 3 is 2.17 bits per heavy atom. The number of ether oxygens (including phenoxy) is 2. The second-order valence-corrected chi connectivity index (χ2v) is 15.0. The summed E-state index contributed by atoms with van der Waals surface area (Å²) >= 11 is 0. The minimum absolute atomic E-state index is 0.0207. The van der Waals surface area contributed by atoms with Gasteiger partial charge in [-0.25, -0.2) is 14.3 Å². The van der Waals surface area contributed by atoms with Crippen LogP contribution in [0.5, 0.6) is 0 Å². The van der Waals surface area contributed by atoms with Gasteiger partial charge in [0.15, 0.2) is 0 Å². The van der Waals surface area contributed by atoms with Crippen LogP contribution in [0.3, 0.4) is 0 Å². The zero-order chi connectivity index (χ0) is 30.2. The van der Waals surface area contributed by atoms with Gasteiger partial charge in [-0.2, -0.15) is 18.0 Å². The van der Waals surface area contributed by atoms with Crippen molar-refractivity contribution in [3.05, 3.63) is 35.9 Å². The topological polar surface area (TPSA) is 132 Å². The number of likely N-dealkylation sites (tertiary alicyclic amines) is 1. The monoisotopic (exact) mass is 589 g/mol. The molecule has 11 nitrogen and oxygen atoms in total. The fourth-order valence-corrected chi connectivity index (χ4v) is 7.06. The van der Waals surface area contributed by atoms with Crippen molar-refractivity contribution < 1.29 is 27.5 Å². The Balaban J connectivity index is 1.41. The average molecular weight is 590 g/mol. The lowest BCUT2D eigenvalue weighted by molar-refractivity contribution is -0.0416. The molecule has 1 N–H and O–H groups in total. The van der Waals surface area contributed by atoms with Crippen LogP contribution in [-0.2, 0) is 19.7 Å². The summed E-state index contributed by atoms with van der Waals surface area (Å²) in [5.41, 5.74) is -0.880. The van der Waals surface area contributed by atoms with Gasteiger partial charge < -0.3 is 14.4 Å². The van der Waals surface area contributed by atoms with E-state index in [1.165, 1.54) is 9.87 Å². The number of nitrogens with one attached hydrogen (secondary N) is 1. The van der Waals surface area contributed by atoms with Crippen LogP contribution in [0.15, 0.2) is 30.3 Å². The van der Waals surface area contributed by atoms with E-state index >= 15 is 0 Å². The molecule has 1 aromatic rings. The van der Waals surface area contributed by atoms with Gasteiger partial charge in [0.1, 0.15) is 11.2 Å². The maximum Gasteiger partial charge on any atom is 0.422 e. The third-order valence-corrected chi connectivity index (χ3v) is 9.14. The van der Waals surface area contributed by atoms with Crippen LogP contribution in [0.2, 0.25) is 0 Å². The second-order valence-electron chi connectivity index (χ2n) is 13.4. The normalized spacial score (nSPS) is 23.5. The van der Waals surface area contributed by atoms with Crippen LogP contribution in [0.4, 0.5) is 9.59 Å². The predicted octanol–water partition coefficient (Wildman–Crippen LogP) is 3.98. The summed E-state index contributed by atoms with van der Waals surface area (Å²) in [7, 11) is -4.11. The number of nitriles is 1.